The molecule has 112 valence electrons. The van der Waals surface area contributed by atoms with Gasteiger partial charge in [0, 0.05) is 0 Å². The first-order valence-electron chi connectivity index (χ1n) is 6.87. The van der Waals surface area contributed by atoms with Crippen molar-refractivity contribution in [1.82, 2.24) is 0 Å². The molecule has 0 N–H and O–H groups in total. The number of hydrogen-bond acceptors (Lipinski definition) is 5. The Hall–Kier alpha value is -0.530. The number of rotatable bonds is 4. The lowest BCUT2D eigenvalue weighted by molar-refractivity contribution is -0.227. The summed E-state index contributed by atoms with van der Waals surface area (Å²) in [4.78, 5) is 0.595. The molecule has 2 aliphatic rings. The van der Waals surface area contributed by atoms with Gasteiger partial charge in [0.15, 0.2) is 12.1 Å². The molecular weight excluding hydrogens is 283 g/mol. The summed E-state index contributed by atoms with van der Waals surface area (Å²) in [6.45, 7) is 6.05. The van der Waals surface area contributed by atoms with E-state index < -0.39 is 12.1 Å². The third kappa shape index (κ3) is 2.51. The second-order valence-electron chi connectivity index (χ2n) is 5.36. The first kappa shape index (κ1) is 14.4. The highest BCUT2D eigenvalue weighted by atomic mass is 32.1. The molecule has 6 heteroatoms. The molecule has 1 unspecified atom stereocenters. The number of halogens is 1. The van der Waals surface area contributed by atoms with Crippen LogP contribution in [0.1, 0.15) is 32.1 Å². The molecule has 1 aromatic heterocycles. The van der Waals surface area contributed by atoms with Crippen LogP contribution in [0.2, 0.25) is 0 Å². The van der Waals surface area contributed by atoms with Crippen molar-refractivity contribution in [2.24, 2.45) is 0 Å². The van der Waals surface area contributed by atoms with Gasteiger partial charge in [0.1, 0.15) is 18.0 Å². The Morgan fingerprint density at radius 2 is 2.25 bits per heavy atom. The third-order valence-electron chi connectivity index (χ3n) is 3.89. The highest BCUT2D eigenvalue weighted by Gasteiger charge is 2.55. The van der Waals surface area contributed by atoms with E-state index in [4.69, 9.17) is 18.9 Å². The van der Waals surface area contributed by atoms with E-state index in [1.807, 2.05) is 20.8 Å². The zero-order chi connectivity index (χ0) is 14.3. The number of fused-ring (bicyclic) bond motifs is 1. The standard InChI is InChI=1S/C14H19FO4S/c1-4-14(3)18-12-11(8(2)17-13(12)19-14)16-7-10-9(15)5-6-20-10/h5-6,8,11-13H,4,7H2,1-3H3/t8-,11+,12-,13-,14?/m1/s1. The van der Waals surface area contributed by atoms with Gasteiger partial charge in [-0.1, -0.05) is 6.92 Å². The molecule has 2 saturated heterocycles. The van der Waals surface area contributed by atoms with Crippen LogP contribution in [0, 0.1) is 5.82 Å². The summed E-state index contributed by atoms with van der Waals surface area (Å²) in [6, 6.07) is 1.45. The highest BCUT2D eigenvalue weighted by molar-refractivity contribution is 7.09. The molecule has 2 aliphatic heterocycles. The fourth-order valence-corrected chi connectivity index (χ4v) is 3.23. The molecule has 2 fully saturated rings. The van der Waals surface area contributed by atoms with Crippen LogP contribution in [0.25, 0.3) is 0 Å². The molecule has 20 heavy (non-hydrogen) atoms. The number of thiophene rings is 1. The molecular formula is C14H19FO4S. The summed E-state index contributed by atoms with van der Waals surface area (Å²) in [5, 5.41) is 1.72. The first-order valence-corrected chi connectivity index (χ1v) is 7.75. The van der Waals surface area contributed by atoms with Crippen LogP contribution in [0.15, 0.2) is 11.4 Å². The summed E-state index contributed by atoms with van der Waals surface area (Å²) < 4.78 is 36.7. The maximum absolute atomic E-state index is 13.4. The summed E-state index contributed by atoms with van der Waals surface area (Å²) in [5.74, 6) is -0.842. The third-order valence-corrected chi connectivity index (χ3v) is 4.76. The molecule has 0 radical (unpaired) electrons. The topological polar surface area (TPSA) is 36.9 Å². The first-order chi connectivity index (χ1) is 9.52. The van der Waals surface area contributed by atoms with Crippen molar-refractivity contribution in [3.05, 3.63) is 22.1 Å². The van der Waals surface area contributed by atoms with Crippen LogP contribution in [0.5, 0.6) is 0 Å². The molecule has 0 bridgehead atoms. The SMILES string of the molecule is CCC1(C)O[C@H]2O[C@H](C)[C@H](OCc3sccc3F)[C@H]2O1. The molecule has 0 aliphatic carbocycles. The average molecular weight is 302 g/mol. The van der Waals surface area contributed by atoms with E-state index in [-0.39, 0.29) is 30.7 Å². The Labute approximate surface area is 121 Å². The van der Waals surface area contributed by atoms with E-state index in [2.05, 4.69) is 0 Å². The van der Waals surface area contributed by atoms with Crippen molar-refractivity contribution in [1.29, 1.82) is 0 Å². The van der Waals surface area contributed by atoms with Crippen LogP contribution >= 0.6 is 11.3 Å². The van der Waals surface area contributed by atoms with Gasteiger partial charge in [-0.15, -0.1) is 11.3 Å². The maximum Gasteiger partial charge on any atom is 0.190 e. The zero-order valence-electron chi connectivity index (χ0n) is 11.8. The van der Waals surface area contributed by atoms with Gasteiger partial charge in [-0.25, -0.2) is 4.39 Å². The van der Waals surface area contributed by atoms with Crippen LogP contribution in [0.3, 0.4) is 0 Å². The van der Waals surface area contributed by atoms with Gasteiger partial charge < -0.3 is 18.9 Å². The Kier molecular flexibility index (Phi) is 3.85. The van der Waals surface area contributed by atoms with E-state index >= 15 is 0 Å². The minimum Gasteiger partial charge on any atom is -0.367 e. The van der Waals surface area contributed by atoms with Crippen LogP contribution in [-0.4, -0.2) is 30.4 Å². The number of ether oxygens (including phenoxy) is 4. The van der Waals surface area contributed by atoms with E-state index in [1.54, 1.807) is 5.38 Å². The van der Waals surface area contributed by atoms with Crippen molar-refractivity contribution < 1.29 is 23.3 Å². The molecule has 3 heterocycles. The van der Waals surface area contributed by atoms with Gasteiger partial charge >= 0.3 is 0 Å². The largest absolute Gasteiger partial charge is 0.367 e. The van der Waals surface area contributed by atoms with E-state index in [0.29, 0.717) is 4.88 Å². The normalized spacial score (nSPS) is 40.2. The summed E-state index contributed by atoms with van der Waals surface area (Å²) in [5.41, 5.74) is 0. The fraction of sp³-hybridized carbons (Fsp3) is 0.714. The molecule has 0 amide bonds. The predicted octanol–water partition coefficient (Wildman–Crippen LogP) is 3.06. The van der Waals surface area contributed by atoms with Crippen molar-refractivity contribution in [2.45, 2.75) is 64.2 Å². The molecule has 3 rings (SSSR count). The smallest absolute Gasteiger partial charge is 0.190 e. The summed E-state index contributed by atoms with van der Waals surface area (Å²) >= 11 is 1.35. The van der Waals surface area contributed by atoms with Crippen molar-refractivity contribution >= 4 is 11.3 Å². The van der Waals surface area contributed by atoms with Crippen LogP contribution < -0.4 is 0 Å². The van der Waals surface area contributed by atoms with Crippen molar-refractivity contribution in [2.75, 3.05) is 0 Å². The van der Waals surface area contributed by atoms with Gasteiger partial charge in [-0.3, -0.25) is 0 Å². The van der Waals surface area contributed by atoms with E-state index in [9.17, 15) is 4.39 Å². The van der Waals surface area contributed by atoms with E-state index in [1.165, 1.54) is 17.4 Å². The molecule has 0 saturated carbocycles. The predicted molar refractivity (Wildman–Crippen MR) is 71.8 cm³/mol. The van der Waals surface area contributed by atoms with Gasteiger partial charge in [-0.2, -0.15) is 0 Å². The lowest BCUT2D eigenvalue weighted by Crippen LogP contribution is -2.36. The quantitative estimate of drug-likeness (QED) is 0.856. The van der Waals surface area contributed by atoms with Crippen LogP contribution in [-0.2, 0) is 25.6 Å². The maximum atomic E-state index is 13.4. The van der Waals surface area contributed by atoms with Crippen molar-refractivity contribution in [3.63, 3.8) is 0 Å². The highest BCUT2D eigenvalue weighted by Crippen LogP contribution is 2.40. The minimum atomic E-state index is -0.620. The molecule has 0 aromatic carbocycles. The Morgan fingerprint density at radius 3 is 2.90 bits per heavy atom. The average Bonchev–Trinajstić information content (AvgIpc) is 3.02. The zero-order valence-corrected chi connectivity index (χ0v) is 12.6. The van der Waals surface area contributed by atoms with Gasteiger partial charge in [0.25, 0.3) is 0 Å². The van der Waals surface area contributed by atoms with Gasteiger partial charge in [0.05, 0.1) is 17.6 Å². The summed E-state index contributed by atoms with van der Waals surface area (Å²) in [6.07, 6.45) is -0.278. The Balaban J connectivity index is 1.65. The van der Waals surface area contributed by atoms with Gasteiger partial charge in [-0.05, 0) is 31.7 Å². The fourth-order valence-electron chi connectivity index (χ4n) is 2.56. The second kappa shape index (κ2) is 5.35. The molecule has 1 aromatic rings. The molecule has 4 nitrogen and oxygen atoms in total. The van der Waals surface area contributed by atoms with Crippen LogP contribution in [0.4, 0.5) is 4.39 Å². The monoisotopic (exact) mass is 302 g/mol. The lowest BCUT2D eigenvalue weighted by Gasteiger charge is -2.26. The van der Waals surface area contributed by atoms with Gasteiger partial charge in [0.2, 0.25) is 0 Å². The Morgan fingerprint density at radius 1 is 1.45 bits per heavy atom. The Bertz CT molecular complexity index is 479. The summed E-state index contributed by atoms with van der Waals surface area (Å²) in [7, 11) is 0. The lowest BCUT2D eigenvalue weighted by atomic mass is 10.1. The number of hydrogen-bond donors (Lipinski definition) is 0. The second-order valence-corrected chi connectivity index (χ2v) is 6.37. The molecule has 5 atom stereocenters. The minimum absolute atomic E-state index is 0.130. The van der Waals surface area contributed by atoms with Crippen molar-refractivity contribution in [3.8, 4) is 0 Å². The van der Waals surface area contributed by atoms with E-state index in [0.717, 1.165) is 6.42 Å². The molecule has 0 spiro atoms.